The van der Waals surface area contributed by atoms with Crippen LogP contribution < -0.4 is 21.3 Å². The number of phenols is 1. The van der Waals surface area contributed by atoms with E-state index in [9.17, 15) is 19.8 Å². The SMILES string of the molecule is NC(=O)C(c1ccccc1)(c1ccccc1)[C@@H]1CCN(CCCOc2ccc(CCNC[C@@H](O)c3ccc(O)c4[nH]c(=O)ccc34)cc2)C1. The summed E-state index contributed by atoms with van der Waals surface area (Å²) in [4.78, 5) is 30.0. The number of aliphatic hydroxyl groups excluding tert-OH is 1. The Morgan fingerprint density at radius 1 is 0.959 bits per heavy atom. The van der Waals surface area contributed by atoms with E-state index in [1.165, 1.54) is 12.1 Å². The number of pyridine rings is 1. The van der Waals surface area contributed by atoms with E-state index in [-0.39, 0.29) is 23.1 Å². The number of carbonyl (C=O) groups is 1. The van der Waals surface area contributed by atoms with Gasteiger partial charge in [-0.15, -0.1) is 0 Å². The minimum Gasteiger partial charge on any atom is -0.506 e. The zero-order valence-corrected chi connectivity index (χ0v) is 27.6. The quantitative estimate of drug-likeness (QED) is 0.103. The summed E-state index contributed by atoms with van der Waals surface area (Å²) >= 11 is 0. The Kier molecular flexibility index (Phi) is 10.7. The number of nitrogens with zero attached hydrogens (tertiary/aromatic N) is 1. The van der Waals surface area contributed by atoms with Crippen molar-refractivity contribution in [2.24, 2.45) is 11.7 Å². The first-order valence-electron chi connectivity index (χ1n) is 16.9. The summed E-state index contributed by atoms with van der Waals surface area (Å²) in [6.07, 6.45) is 1.74. The lowest BCUT2D eigenvalue weighted by Crippen LogP contribution is -2.49. The number of benzene rings is 4. The molecule has 6 N–H and O–H groups in total. The Bertz CT molecular complexity index is 1860. The van der Waals surface area contributed by atoms with Crippen molar-refractivity contribution in [3.63, 3.8) is 0 Å². The summed E-state index contributed by atoms with van der Waals surface area (Å²) in [5, 5.41) is 24.8. The molecule has 254 valence electrons. The van der Waals surface area contributed by atoms with Gasteiger partial charge in [-0.25, -0.2) is 0 Å². The van der Waals surface area contributed by atoms with Gasteiger partial charge in [0.2, 0.25) is 11.5 Å². The fourth-order valence-electron chi connectivity index (χ4n) is 7.28. The van der Waals surface area contributed by atoms with Crippen molar-refractivity contribution in [3.8, 4) is 11.5 Å². The van der Waals surface area contributed by atoms with Crippen LogP contribution in [0.5, 0.6) is 11.5 Å². The van der Waals surface area contributed by atoms with Crippen molar-refractivity contribution in [2.75, 3.05) is 39.3 Å². The molecule has 1 aliphatic rings. The van der Waals surface area contributed by atoms with Crippen LogP contribution in [0.4, 0.5) is 0 Å². The second-order valence-electron chi connectivity index (χ2n) is 12.8. The number of amides is 1. The van der Waals surface area contributed by atoms with Crippen molar-refractivity contribution in [1.82, 2.24) is 15.2 Å². The Morgan fingerprint density at radius 3 is 2.33 bits per heavy atom. The first-order valence-corrected chi connectivity index (χ1v) is 16.9. The van der Waals surface area contributed by atoms with Gasteiger partial charge in [-0.05, 0) is 84.8 Å². The summed E-state index contributed by atoms with van der Waals surface area (Å²) in [6.45, 7) is 4.18. The van der Waals surface area contributed by atoms with Crippen LogP contribution in [0.2, 0.25) is 0 Å². The fourth-order valence-corrected chi connectivity index (χ4v) is 7.28. The number of fused-ring (bicyclic) bond motifs is 1. The lowest BCUT2D eigenvalue weighted by Gasteiger charge is -2.37. The normalized spacial score (nSPS) is 15.7. The molecule has 5 aromatic rings. The van der Waals surface area contributed by atoms with Gasteiger partial charge in [0.05, 0.1) is 18.2 Å². The Morgan fingerprint density at radius 2 is 1.65 bits per heavy atom. The number of carbonyl (C=O) groups excluding carboxylic acids is 1. The van der Waals surface area contributed by atoms with E-state index in [1.807, 2.05) is 72.8 Å². The molecule has 1 aromatic heterocycles. The summed E-state index contributed by atoms with van der Waals surface area (Å²) < 4.78 is 6.06. The lowest BCUT2D eigenvalue weighted by molar-refractivity contribution is -0.123. The molecule has 1 saturated heterocycles. The van der Waals surface area contributed by atoms with E-state index in [2.05, 4.69) is 27.3 Å². The third-order valence-electron chi connectivity index (χ3n) is 9.74. The van der Waals surface area contributed by atoms with E-state index in [1.54, 1.807) is 12.1 Å². The van der Waals surface area contributed by atoms with Crippen LogP contribution in [0, 0.1) is 5.92 Å². The van der Waals surface area contributed by atoms with Gasteiger partial charge in [0.15, 0.2) is 0 Å². The number of aromatic amines is 1. The first kappa shape index (κ1) is 33.9. The Hall–Kier alpha value is -4.96. The molecule has 2 heterocycles. The highest BCUT2D eigenvalue weighted by Crippen LogP contribution is 2.43. The van der Waals surface area contributed by atoms with E-state index in [4.69, 9.17) is 10.5 Å². The van der Waals surface area contributed by atoms with Crippen LogP contribution in [-0.4, -0.2) is 65.3 Å². The van der Waals surface area contributed by atoms with E-state index < -0.39 is 11.5 Å². The number of H-pyrrole nitrogens is 1. The van der Waals surface area contributed by atoms with Crippen molar-refractivity contribution >= 4 is 16.8 Å². The van der Waals surface area contributed by atoms with Crippen LogP contribution >= 0.6 is 0 Å². The van der Waals surface area contributed by atoms with Crippen molar-refractivity contribution < 1.29 is 19.7 Å². The molecular formula is C40H44N4O5. The molecule has 0 aliphatic carbocycles. The summed E-state index contributed by atoms with van der Waals surface area (Å²) in [6, 6.07) is 34.2. The molecule has 0 radical (unpaired) electrons. The predicted molar refractivity (Wildman–Crippen MR) is 192 cm³/mol. The number of primary amides is 1. The highest BCUT2D eigenvalue weighted by atomic mass is 16.5. The van der Waals surface area contributed by atoms with Gasteiger partial charge in [0, 0.05) is 31.1 Å². The summed E-state index contributed by atoms with van der Waals surface area (Å²) in [7, 11) is 0. The molecule has 9 nitrogen and oxygen atoms in total. The maximum Gasteiger partial charge on any atom is 0.248 e. The second kappa shape index (κ2) is 15.5. The number of phenolic OH excluding ortho intramolecular Hbond substituents is 1. The van der Waals surface area contributed by atoms with Crippen LogP contribution in [0.3, 0.4) is 0 Å². The molecule has 1 fully saturated rings. The van der Waals surface area contributed by atoms with Gasteiger partial charge in [-0.3, -0.25) is 9.59 Å². The number of hydrogen-bond donors (Lipinski definition) is 5. The molecule has 4 aromatic carbocycles. The van der Waals surface area contributed by atoms with Gasteiger partial charge < -0.3 is 35.9 Å². The summed E-state index contributed by atoms with van der Waals surface area (Å²) in [5.74, 6) is 0.560. The molecule has 49 heavy (non-hydrogen) atoms. The Labute approximate surface area is 286 Å². The zero-order valence-electron chi connectivity index (χ0n) is 27.6. The first-order chi connectivity index (χ1) is 23.9. The second-order valence-corrected chi connectivity index (χ2v) is 12.8. The minimum atomic E-state index is -0.880. The lowest BCUT2D eigenvalue weighted by atomic mass is 9.64. The number of likely N-dealkylation sites (tertiary alicyclic amines) is 1. The Balaban J connectivity index is 0.950. The van der Waals surface area contributed by atoms with Crippen molar-refractivity contribution in [3.05, 3.63) is 142 Å². The number of nitrogens with one attached hydrogen (secondary N) is 2. The standard InChI is InChI=1S/C40H44N4O5/c41-39(48)40(29-8-3-1-4-9-29,30-10-5-2-6-11-30)31-21-24-44(27-31)23-7-25-49-32-14-12-28(13-15-32)20-22-42-26-36(46)33-16-18-35(45)38-34(33)17-19-37(47)43-38/h1-6,8-19,31,36,42,45-46H,7,20-27H2,(H2,41,48)(H,43,47)/t31-,36-/m1/s1. The van der Waals surface area contributed by atoms with Gasteiger partial charge in [-0.1, -0.05) is 78.9 Å². The minimum absolute atomic E-state index is 0.0277. The zero-order chi connectivity index (χ0) is 34.2. The molecule has 0 bridgehead atoms. The number of aromatic nitrogens is 1. The summed E-state index contributed by atoms with van der Waals surface area (Å²) in [5.41, 5.74) is 9.07. The molecular weight excluding hydrogens is 616 g/mol. The maximum absolute atomic E-state index is 13.3. The smallest absolute Gasteiger partial charge is 0.248 e. The van der Waals surface area contributed by atoms with Gasteiger partial charge in [-0.2, -0.15) is 0 Å². The van der Waals surface area contributed by atoms with E-state index in [0.717, 1.165) is 61.3 Å². The van der Waals surface area contributed by atoms with Crippen LogP contribution in [0.25, 0.3) is 10.9 Å². The largest absolute Gasteiger partial charge is 0.506 e. The number of nitrogens with two attached hydrogens (primary N) is 1. The molecule has 0 spiro atoms. The van der Waals surface area contributed by atoms with Gasteiger partial charge in [0.25, 0.3) is 0 Å². The van der Waals surface area contributed by atoms with E-state index >= 15 is 0 Å². The van der Waals surface area contributed by atoms with Crippen LogP contribution in [0.15, 0.2) is 114 Å². The van der Waals surface area contributed by atoms with Gasteiger partial charge >= 0.3 is 0 Å². The molecule has 6 rings (SSSR count). The molecule has 1 amide bonds. The number of ether oxygens (including phenoxy) is 1. The molecule has 0 saturated carbocycles. The number of rotatable bonds is 15. The topological polar surface area (TPSA) is 141 Å². The predicted octanol–water partition coefficient (Wildman–Crippen LogP) is 4.66. The number of aliphatic hydroxyl groups is 1. The third-order valence-corrected chi connectivity index (χ3v) is 9.74. The highest BCUT2D eigenvalue weighted by Gasteiger charge is 2.49. The van der Waals surface area contributed by atoms with Crippen molar-refractivity contribution in [2.45, 2.75) is 30.8 Å². The molecule has 9 heteroatoms. The van der Waals surface area contributed by atoms with Crippen LogP contribution in [-0.2, 0) is 16.6 Å². The molecule has 0 unspecified atom stereocenters. The van der Waals surface area contributed by atoms with Gasteiger partial charge in [0.1, 0.15) is 16.9 Å². The monoisotopic (exact) mass is 660 g/mol. The van der Waals surface area contributed by atoms with E-state index in [0.29, 0.717) is 36.2 Å². The number of aromatic hydroxyl groups is 1. The van der Waals surface area contributed by atoms with Crippen molar-refractivity contribution in [1.29, 1.82) is 0 Å². The average Bonchev–Trinajstić information content (AvgIpc) is 3.59. The number of hydrogen-bond acceptors (Lipinski definition) is 7. The third kappa shape index (κ3) is 7.54. The maximum atomic E-state index is 13.3. The highest BCUT2D eigenvalue weighted by molar-refractivity contribution is 5.91. The van der Waals surface area contributed by atoms with Crippen LogP contribution in [0.1, 0.15) is 41.2 Å². The fraction of sp³-hybridized carbons (Fsp3) is 0.300. The average molecular weight is 661 g/mol. The molecule has 1 aliphatic heterocycles. The molecule has 2 atom stereocenters.